The molecule has 0 unspecified atom stereocenters. The van der Waals surface area contributed by atoms with Gasteiger partial charge in [0.05, 0.1) is 6.20 Å². The Balaban J connectivity index is 0.00000128. The smallest absolute Gasteiger partial charge is 0.243 e. The molecule has 0 bridgehead atoms. The fourth-order valence-electron chi connectivity index (χ4n) is 1.36. The average molecular weight is 257 g/mol. The normalized spacial score (nSPS) is 9.56. The van der Waals surface area contributed by atoms with Crippen LogP contribution in [0.4, 0.5) is 0 Å². The minimum absolute atomic E-state index is 0. The lowest BCUT2D eigenvalue weighted by Crippen LogP contribution is -2.03. The van der Waals surface area contributed by atoms with E-state index in [2.05, 4.69) is 5.10 Å². The van der Waals surface area contributed by atoms with Gasteiger partial charge in [0.25, 0.3) is 0 Å². The Morgan fingerprint density at radius 1 is 1.25 bits per heavy atom. The van der Waals surface area contributed by atoms with Crippen LogP contribution in [0.25, 0.3) is 11.1 Å². The van der Waals surface area contributed by atoms with Gasteiger partial charge in [-0.1, -0.05) is 30.3 Å². The number of hydrogen-bond donors (Lipinski definition) is 0. The first-order valence-electron chi connectivity index (χ1n) is 4.52. The van der Waals surface area contributed by atoms with Crippen LogP contribution in [0.2, 0.25) is 0 Å². The third kappa shape index (κ3) is 3.08. The van der Waals surface area contributed by atoms with Crippen LogP contribution >= 0.6 is 24.0 Å². The number of aromatic nitrogens is 2. The summed E-state index contributed by atoms with van der Waals surface area (Å²) >= 11 is 5.27. The van der Waals surface area contributed by atoms with Gasteiger partial charge in [0, 0.05) is 11.8 Å². The van der Waals surface area contributed by atoms with E-state index in [1.54, 1.807) is 12.4 Å². The molecule has 3 nitrogen and oxygen atoms in total. The van der Waals surface area contributed by atoms with Gasteiger partial charge in [-0.3, -0.25) is 9.48 Å². The molecule has 1 heterocycles. The zero-order chi connectivity index (χ0) is 10.7. The number of carbonyl (C=O) groups is 1. The zero-order valence-electron chi connectivity index (χ0n) is 8.34. The van der Waals surface area contributed by atoms with Crippen LogP contribution in [0.3, 0.4) is 0 Å². The zero-order valence-corrected chi connectivity index (χ0v) is 9.91. The fraction of sp³-hybridized carbons (Fsp3) is 0.0909. The van der Waals surface area contributed by atoms with E-state index in [-0.39, 0.29) is 19.0 Å². The molecule has 16 heavy (non-hydrogen) atoms. The predicted octanol–water partition coefficient (Wildman–Crippen LogP) is 2.74. The van der Waals surface area contributed by atoms with Crippen LogP contribution in [0.1, 0.15) is 0 Å². The SMILES string of the molecule is Cl.O=C(Cl)Cn1cc(-c2ccccc2)cn1. The van der Waals surface area contributed by atoms with Crippen LogP contribution in [0, 0.1) is 0 Å². The second-order valence-electron chi connectivity index (χ2n) is 3.15. The van der Waals surface area contributed by atoms with E-state index in [0.29, 0.717) is 0 Å². The summed E-state index contributed by atoms with van der Waals surface area (Å²) in [7, 11) is 0. The second-order valence-corrected chi connectivity index (χ2v) is 3.57. The van der Waals surface area contributed by atoms with Gasteiger partial charge in [0.15, 0.2) is 0 Å². The Hall–Kier alpha value is -1.32. The molecule has 0 spiro atoms. The molecule has 1 aromatic carbocycles. The van der Waals surface area contributed by atoms with Crippen LogP contribution < -0.4 is 0 Å². The number of nitrogens with zero attached hydrogens (tertiary/aromatic N) is 2. The number of hydrogen-bond acceptors (Lipinski definition) is 2. The van der Waals surface area contributed by atoms with Gasteiger partial charge in [-0.2, -0.15) is 5.10 Å². The molecule has 0 aliphatic heterocycles. The van der Waals surface area contributed by atoms with Crippen molar-refractivity contribution < 1.29 is 4.79 Å². The molecule has 2 rings (SSSR count). The Morgan fingerprint density at radius 2 is 1.94 bits per heavy atom. The highest BCUT2D eigenvalue weighted by Gasteiger charge is 2.03. The summed E-state index contributed by atoms with van der Waals surface area (Å²) in [6.45, 7) is 0.106. The monoisotopic (exact) mass is 256 g/mol. The van der Waals surface area contributed by atoms with Gasteiger partial charge in [-0.25, -0.2) is 0 Å². The lowest BCUT2D eigenvalue weighted by atomic mass is 10.1. The van der Waals surface area contributed by atoms with Crippen molar-refractivity contribution in [3.63, 3.8) is 0 Å². The Bertz CT molecular complexity index is 468. The minimum atomic E-state index is -0.419. The van der Waals surface area contributed by atoms with Crippen molar-refractivity contribution in [3.05, 3.63) is 42.7 Å². The highest BCUT2D eigenvalue weighted by molar-refractivity contribution is 6.63. The number of rotatable bonds is 3. The highest BCUT2D eigenvalue weighted by Crippen LogP contribution is 2.17. The molecule has 0 amide bonds. The van der Waals surface area contributed by atoms with E-state index in [1.165, 1.54) is 4.68 Å². The molecule has 0 fully saturated rings. The molecule has 0 radical (unpaired) electrons. The van der Waals surface area contributed by atoms with Gasteiger partial charge in [0.1, 0.15) is 6.54 Å². The van der Waals surface area contributed by atoms with E-state index in [4.69, 9.17) is 11.6 Å². The van der Waals surface area contributed by atoms with Crippen LogP contribution in [-0.2, 0) is 11.3 Å². The summed E-state index contributed by atoms with van der Waals surface area (Å²) in [5.74, 6) is 0. The molecule has 0 saturated carbocycles. The first kappa shape index (κ1) is 12.7. The van der Waals surface area contributed by atoms with Crippen molar-refractivity contribution in [1.82, 2.24) is 9.78 Å². The second kappa shape index (κ2) is 5.68. The highest BCUT2D eigenvalue weighted by atomic mass is 35.5. The number of halogens is 2. The van der Waals surface area contributed by atoms with Crippen molar-refractivity contribution in [1.29, 1.82) is 0 Å². The number of benzene rings is 1. The van der Waals surface area contributed by atoms with Crippen molar-refractivity contribution in [2.75, 3.05) is 0 Å². The van der Waals surface area contributed by atoms with E-state index < -0.39 is 5.24 Å². The molecule has 0 N–H and O–H groups in total. The largest absolute Gasteiger partial charge is 0.279 e. The van der Waals surface area contributed by atoms with E-state index in [9.17, 15) is 4.79 Å². The molecule has 0 aliphatic carbocycles. The first-order chi connectivity index (χ1) is 7.25. The third-order valence-electron chi connectivity index (χ3n) is 2.03. The van der Waals surface area contributed by atoms with Gasteiger partial charge in [0.2, 0.25) is 5.24 Å². The summed E-state index contributed by atoms with van der Waals surface area (Å²) < 4.78 is 1.53. The molecule has 84 valence electrons. The van der Waals surface area contributed by atoms with Crippen molar-refractivity contribution in [3.8, 4) is 11.1 Å². The molecule has 1 aromatic heterocycles. The van der Waals surface area contributed by atoms with Gasteiger partial charge >= 0.3 is 0 Å². The summed E-state index contributed by atoms with van der Waals surface area (Å²) in [5, 5.41) is 3.63. The summed E-state index contributed by atoms with van der Waals surface area (Å²) in [6.07, 6.45) is 3.52. The summed E-state index contributed by atoms with van der Waals surface area (Å²) in [4.78, 5) is 10.7. The maximum Gasteiger partial charge on any atom is 0.243 e. The maximum atomic E-state index is 10.7. The standard InChI is InChI=1S/C11H9ClN2O.ClH/c12-11(15)8-14-7-10(6-13-14)9-4-2-1-3-5-9;/h1-7H,8H2;1H. The Kier molecular flexibility index (Phi) is 4.52. The Morgan fingerprint density at radius 3 is 2.56 bits per heavy atom. The van der Waals surface area contributed by atoms with Crippen molar-refractivity contribution >= 4 is 29.3 Å². The van der Waals surface area contributed by atoms with Crippen LogP contribution in [-0.4, -0.2) is 15.0 Å². The molecule has 0 atom stereocenters. The van der Waals surface area contributed by atoms with Gasteiger partial charge in [-0.15, -0.1) is 12.4 Å². The average Bonchev–Trinajstić information content (AvgIpc) is 2.67. The van der Waals surface area contributed by atoms with Crippen molar-refractivity contribution in [2.24, 2.45) is 0 Å². The predicted molar refractivity (Wildman–Crippen MR) is 65.8 cm³/mol. The molecule has 0 saturated heterocycles. The molecule has 2 aromatic rings. The van der Waals surface area contributed by atoms with Crippen LogP contribution in [0.5, 0.6) is 0 Å². The first-order valence-corrected chi connectivity index (χ1v) is 4.90. The summed E-state index contributed by atoms with van der Waals surface area (Å²) in [5.41, 5.74) is 2.05. The molecule has 5 heteroatoms. The van der Waals surface area contributed by atoms with E-state index in [1.807, 2.05) is 30.3 Å². The van der Waals surface area contributed by atoms with Gasteiger partial charge < -0.3 is 0 Å². The fourth-order valence-corrected chi connectivity index (χ4v) is 1.48. The van der Waals surface area contributed by atoms with Crippen molar-refractivity contribution in [2.45, 2.75) is 6.54 Å². The minimum Gasteiger partial charge on any atom is -0.279 e. The quantitative estimate of drug-likeness (QED) is 0.792. The lowest BCUT2D eigenvalue weighted by Gasteiger charge is -1.95. The van der Waals surface area contributed by atoms with E-state index in [0.717, 1.165) is 11.1 Å². The topological polar surface area (TPSA) is 34.9 Å². The van der Waals surface area contributed by atoms with Gasteiger partial charge in [-0.05, 0) is 17.2 Å². The van der Waals surface area contributed by atoms with E-state index >= 15 is 0 Å². The summed E-state index contributed by atoms with van der Waals surface area (Å²) in [6, 6.07) is 9.85. The molecular weight excluding hydrogens is 247 g/mol. The third-order valence-corrected chi connectivity index (χ3v) is 2.15. The van der Waals surface area contributed by atoms with Crippen LogP contribution in [0.15, 0.2) is 42.7 Å². The number of carbonyl (C=O) groups excluding carboxylic acids is 1. The molecule has 0 aliphatic rings. The molecular formula is C11H10Cl2N2O. The Labute approximate surface area is 104 Å². The lowest BCUT2D eigenvalue weighted by molar-refractivity contribution is -0.112. The maximum absolute atomic E-state index is 10.7.